The Morgan fingerprint density at radius 3 is 3.04 bits per heavy atom. The molecule has 3 heterocycles. The Bertz CT molecular complexity index is 886. The van der Waals surface area contributed by atoms with Crippen molar-refractivity contribution in [1.29, 1.82) is 0 Å². The Morgan fingerprint density at radius 1 is 1.52 bits per heavy atom. The number of amides is 1. The smallest absolute Gasteiger partial charge is 0.404 e. The average molecular weight is 377 g/mol. The van der Waals surface area contributed by atoms with Crippen LogP contribution in [0.2, 0.25) is 0 Å². The first kappa shape index (κ1) is 19.1. The number of carbonyl (C=O) groups is 1. The van der Waals surface area contributed by atoms with Crippen molar-refractivity contribution in [3.05, 3.63) is 28.7 Å². The van der Waals surface area contributed by atoms with Crippen molar-refractivity contribution in [2.24, 2.45) is 11.1 Å². The molecule has 0 aliphatic carbocycles. The van der Waals surface area contributed by atoms with Crippen molar-refractivity contribution in [3.63, 3.8) is 0 Å². The molecule has 1 aliphatic rings. The molecule has 0 spiro atoms. The molecule has 1 fully saturated rings. The van der Waals surface area contributed by atoms with Crippen molar-refractivity contribution < 1.29 is 19.4 Å². The molecule has 10 heteroatoms. The van der Waals surface area contributed by atoms with E-state index in [9.17, 15) is 14.7 Å². The number of pyridine rings is 1. The molecule has 2 aromatic rings. The van der Waals surface area contributed by atoms with Gasteiger partial charge in [0.15, 0.2) is 5.65 Å². The van der Waals surface area contributed by atoms with E-state index in [1.165, 1.54) is 17.9 Å². The summed E-state index contributed by atoms with van der Waals surface area (Å²) in [6.07, 6.45) is 0.542. The third-order valence-corrected chi connectivity index (χ3v) is 4.99. The number of fused-ring (bicyclic) bond motifs is 1. The highest BCUT2D eigenvalue weighted by atomic mass is 16.5. The lowest BCUT2D eigenvalue weighted by Crippen LogP contribution is -2.53. The van der Waals surface area contributed by atoms with Crippen LogP contribution in [-0.4, -0.2) is 58.6 Å². The zero-order chi connectivity index (χ0) is 19.4. The second-order valence-electron chi connectivity index (χ2n) is 6.65. The van der Waals surface area contributed by atoms with Gasteiger partial charge < -0.3 is 25.6 Å². The summed E-state index contributed by atoms with van der Waals surface area (Å²) in [6.45, 7) is 1.33. The first-order valence-electron chi connectivity index (χ1n) is 8.67. The number of rotatable bonds is 6. The molecule has 10 nitrogen and oxygen atoms in total. The van der Waals surface area contributed by atoms with Crippen molar-refractivity contribution in [3.8, 4) is 5.88 Å². The van der Waals surface area contributed by atoms with E-state index in [4.69, 9.17) is 15.2 Å². The molecule has 3 rings (SSSR count). The van der Waals surface area contributed by atoms with Crippen LogP contribution in [0.3, 0.4) is 0 Å². The quantitative estimate of drug-likeness (QED) is 0.619. The predicted octanol–water partition coefficient (Wildman–Crippen LogP) is -0.374. The van der Waals surface area contributed by atoms with Crippen LogP contribution in [0.15, 0.2) is 23.1 Å². The maximum atomic E-state index is 12.4. The van der Waals surface area contributed by atoms with Gasteiger partial charge in [0.05, 0.1) is 19.4 Å². The van der Waals surface area contributed by atoms with Gasteiger partial charge >= 0.3 is 6.09 Å². The lowest BCUT2D eigenvalue weighted by atomic mass is 9.76. The number of ether oxygens (including phenoxy) is 2. The Labute approximate surface area is 155 Å². The molecule has 146 valence electrons. The number of aliphatic hydroxyl groups is 1. The van der Waals surface area contributed by atoms with Crippen LogP contribution in [0, 0.1) is 5.41 Å². The highest BCUT2D eigenvalue weighted by molar-refractivity contribution is 5.70. The number of nitrogens with two attached hydrogens (primary N) is 1. The summed E-state index contributed by atoms with van der Waals surface area (Å²) >= 11 is 0. The molecule has 1 saturated heterocycles. The summed E-state index contributed by atoms with van der Waals surface area (Å²) in [5.41, 5.74) is 4.99. The van der Waals surface area contributed by atoms with Crippen LogP contribution in [0.4, 0.5) is 4.79 Å². The van der Waals surface area contributed by atoms with Gasteiger partial charge in [-0.3, -0.25) is 9.36 Å². The Morgan fingerprint density at radius 2 is 2.33 bits per heavy atom. The molecule has 2 aromatic heterocycles. The highest BCUT2D eigenvalue weighted by Crippen LogP contribution is 2.32. The summed E-state index contributed by atoms with van der Waals surface area (Å²) in [6, 6.07) is 3.39. The van der Waals surface area contributed by atoms with E-state index in [2.05, 4.69) is 15.3 Å². The van der Waals surface area contributed by atoms with Crippen molar-refractivity contribution in [2.75, 3.05) is 26.8 Å². The highest BCUT2D eigenvalue weighted by Gasteiger charge is 2.41. The molecule has 0 unspecified atom stereocenters. The number of aromatic nitrogens is 3. The van der Waals surface area contributed by atoms with E-state index in [0.717, 1.165) is 0 Å². The summed E-state index contributed by atoms with van der Waals surface area (Å²) in [5.74, 6) is 0.370. The van der Waals surface area contributed by atoms with Gasteiger partial charge in [-0.25, -0.2) is 9.78 Å². The van der Waals surface area contributed by atoms with E-state index in [1.54, 1.807) is 12.1 Å². The molecule has 27 heavy (non-hydrogen) atoms. The maximum Gasteiger partial charge on any atom is 0.404 e. The first-order valence-corrected chi connectivity index (χ1v) is 8.67. The summed E-state index contributed by atoms with van der Waals surface area (Å²) in [5, 5.41) is 13.8. The molecule has 0 bridgehead atoms. The fraction of sp³-hybridized carbons (Fsp3) is 0.529. The van der Waals surface area contributed by atoms with Crippen LogP contribution in [0.1, 0.15) is 12.8 Å². The Hall–Kier alpha value is -2.72. The number of aliphatic hydroxyl groups excluding tert-OH is 1. The van der Waals surface area contributed by atoms with Gasteiger partial charge in [0.2, 0.25) is 5.88 Å². The number of methoxy groups -OCH3 is 1. The lowest BCUT2D eigenvalue weighted by Gasteiger charge is -2.41. The number of piperidine rings is 1. The zero-order valence-electron chi connectivity index (χ0n) is 15.1. The molecular formula is C17H23N5O5. The minimum absolute atomic E-state index is 0.0367. The van der Waals surface area contributed by atoms with E-state index >= 15 is 0 Å². The zero-order valence-corrected chi connectivity index (χ0v) is 15.1. The number of nitrogens with one attached hydrogen (secondary N) is 1. The first-order chi connectivity index (χ1) is 12.9. The average Bonchev–Trinajstić information content (AvgIpc) is 2.67. The molecule has 0 aromatic carbocycles. The Balaban J connectivity index is 1.91. The number of carbonyl (C=O) groups excluding carboxylic acids is 1. The number of hydrogen-bond donors (Lipinski definition) is 3. The van der Waals surface area contributed by atoms with Gasteiger partial charge in [-0.2, -0.15) is 4.98 Å². The minimum atomic E-state index is -0.898. The molecular weight excluding hydrogens is 354 g/mol. The molecule has 1 amide bonds. The van der Waals surface area contributed by atoms with Crippen molar-refractivity contribution in [2.45, 2.75) is 25.5 Å². The largest absolute Gasteiger partial charge is 0.481 e. The second kappa shape index (κ2) is 7.89. The molecule has 2 atom stereocenters. The summed E-state index contributed by atoms with van der Waals surface area (Å²) in [4.78, 5) is 31.9. The third kappa shape index (κ3) is 4.01. The number of hydrogen-bond acceptors (Lipinski definition) is 8. The number of nitrogens with zero attached hydrogens (tertiary/aromatic N) is 3. The Kier molecular flexibility index (Phi) is 5.57. The maximum absolute atomic E-state index is 12.4. The molecule has 0 radical (unpaired) electrons. The van der Waals surface area contributed by atoms with Gasteiger partial charge in [0.1, 0.15) is 12.1 Å². The van der Waals surface area contributed by atoms with Gasteiger partial charge in [0.25, 0.3) is 5.56 Å². The summed E-state index contributed by atoms with van der Waals surface area (Å²) in [7, 11) is 1.49. The van der Waals surface area contributed by atoms with Crippen LogP contribution in [0.25, 0.3) is 11.2 Å². The third-order valence-electron chi connectivity index (χ3n) is 4.99. The van der Waals surface area contributed by atoms with E-state index in [-0.39, 0.29) is 18.7 Å². The van der Waals surface area contributed by atoms with Crippen LogP contribution in [-0.2, 0) is 11.3 Å². The molecule has 1 aliphatic heterocycles. The predicted molar refractivity (Wildman–Crippen MR) is 96.4 cm³/mol. The van der Waals surface area contributed by atoms with Crippen LogP contribution < -0.4 is 21.3 Å². The van der Waals surface area contributed by atoms with E-state index < -0.39 is 17.6 Å². The lowest BCUT2D eigenvalue weighted by molar-refractivity contribution is -0.0475. The van der Waals surface area contributed by atoms with Crippen LogP contribution >= 0.6 is 0 Å². The van der Waals surface area contributed by atoms with Crippen molar-refractivity contribution >= 4 is 17.3 Å². The second-order valence-corrected chi connectivity index (χ2v) is 6.65. The fourth-order valence-electron chi connectivity index (χ4n) is 3.38. The number of primary amides is 1. The van der Waals surface area contributed by atoms with E-state index in [0.29, 0.717) is 43.0 Å². The molecule has 4 N–H and O–H groups in total. The normalized spacial score (nSPS) is 22.5. The van der Waals surface area contributed by atoms with E-state index in [1.807, 2.05) is 0 Å². The van der Waals surface area contributed by atoms with Gasteiger partial charge in [0, 0.05) is 24.6 Å². The summed E-state index contributed by atoms with van der Waals surface area (Å²) < 4.78 is 11.6. The minimum Gasteiger partial charge on any atom is -0.481 e. The number of aryl methyl sites for hydroxylation is 1. The van der Waals surface area contributed by atoms with Gasteiger partial charge in [-0.05, 0) is 25.5 Å². The molecule has 0 saturated carbocycles. The fourth-order valence-corrected chi connectivity index (χ4v) is 3.38. The van der Waals surface area contributed by atoms with Crippen molar-refractivity contribution in [1.82, 2.24) is 19.9 Å². The van der Waals surface area contributed by atoms with Gasteiger partial charge in [-0.15, -0.1) is 0 Å². The van der Waals surface area contributed by atoms with Gasteiger partial charge in [-0.1, -0.05) is 0 Å². The SMILES string of the molecule is COc1ccc2ncc(=O)n(CC[C@@]3(COC(N)=O)CNCC[C@H]3O)c2n1. The monoisotopic (exact) mass is 377 g/mol. The topological polar surface area (TPSA) is 142 Å². The standard InChI is InChI=1S/C17H23N5O5/c1-26-13-3-2-11-15(21-13)22(14(24)8-20-11)7-5-17(10-27-16(18)25)9-19-6-4-12(17)23/h2-3,8,12,19,23H,4-7,9-10H2,1H3,(H2,18,25)/t12-,17+/m1/s1. The van der Waals surface area contributed by atoms with Crippen LogP contribution in [0.5, 0.6) is 5.88 Å².